The summed E-state index contributed by atoms with van der Waals surface area (Å²) in [6.07, 6.45) is 0.892. The second kappa shape index (κ2) is 10.3. The Morgan fingerprint density at radius 2 is 1.64 bits per heavy atom. The number of benzene rings is 3. The van der Waals surface area contributed by atoms with Crippen molar-refractivity contribution >= 4 is 27.3 Å². The van der Waals surface area contributed by atoms with Crippen LogP contribution in [0.1, 0.15) is 52.0 Å². The second-order valence-electron chi connectivity index (χ2n) is 10.1. The van der Waals surface area contributed by atoms with E-state index in [4.69, 9.17) is 0 Å². The first-order valence-electron chi connectivity index (χ1n) is 12.4. The zero-order chi connectivity index (χ0) is 26.0. The van der Waals surface area contributed by atoms with E-state index in [2.05, 4.69) is 33.1 Å². The van der Waals surface area contributed by atoms with Gasteiger partial charge in [-0.05, 0) is 73.6 Å². The minimum atomic E-state index is -3.83. The lowest BCUT2D eigenvalue weighted by atomic mass is 9.98. The molecule has 1 aliphatic heterocycles. The highest BCUT2D eigenvalue weighted by Gasteiger charge is 2.24. The molecule has 0 atom stereocenters. The Bertz CT molecular complexity index is 1370. The summed E-state index contributed by atoms with van der Waals surface area (Å²) in [5, 5.41) is 3.00. The van der Waals surface area contributed by atoms with Crippen molar-refractivity contribution in [2.75, 3.05) is 22.7 Å². The van der Waals surface area contributed by atoms with Gasteiger partial charge in [0, 0.05) is 31.0 Å². The van der Waals surface area contributed by atoms with Gasteiger partial charge >= 0.3 is 0 Å². The summed E-state index contributed by atoms with van der Waals surface area (Å²) in [5.41, 5.74) is 6.60. The number of nitrogens with zero attached hydrogens (tertiary/aromatic N) is 1. The average Bonchev–Trinajstić information content (AvgIpc) is 2.81. The highest BCUT2D eigenvalue weighted by atomic mass is 32.2. The minimum absolute atomic E-state index is 0.207. The maximum atomic E-state index is 13.4. The van der Waals surface area contributed by atoms with Crippen LogP contribution in [-0.4, -0.2) is 27.4 Å². The lowest BCUT2D eigenvalue weighted by Crippen LogP contribution is -2.34. The fraction of sp³-hybridized carbons (Fsp3) is 0.345. The topological polar surface area (TPSA) is 78.5 Å². The van der Waals surface area contributed by atoms with E-state index in [0.717, 1.165) is 24.2 Å². The van der Waals surface area contributed by atoms with Crippen molar-refractivity contribution in [3.63, 3.8) is 0 Å². The molecule has 190 valence electrons. The summed E-state index contributed by atoms with van der Waals surface area (Å²) < 4.78 is 29.4. The van der Waals surface area contributed by atoms with Crippen LogP contribution in [0.15, 0.2) is 59.5 Å². The number of carbonyl (C=O) groups excluding carboxylic acids is 1. The number of fused-ring (bicyclic) bond motifs is 1. The molecule has 0 saturated heterocycles. The van der Waals surface area contributed by atoms with E-state index in [1.54, 1.807) is 26.0 Å². The van der Waals surface area contributed by atoms with E-state index in [9.17, 15) is 13.2 Å². The highest BCUT2D eigenvalue weighted by molar-refractivity contribution is 7.92. The van der Waals surface area contributed by atoms with Gasteiger partial charge in [-0.1, -0.05) is 55.8 Å². The van der Waals surface area contributed by atoms with Crippen molar-refractivity contribution in [3.8, 4) is 0 Å². The van der Waals surface area contributed by atoms with Crippen LogP contribution in [0.25, 0.3) is 0 Å². The van der Waals surface area contributed by atoms with Crippen LogP contribution < -0.4 is 14.9 Å². The smallest absolute Gasteiger partial charge is 0.262 e. The Balaban J connectivity index is 1.69. The molecule has 1 amide bonds. The van der Waals surface area contributed by atoms with Crippen molar-refractivity contribution in [2.24, 2.45) is 5.92 Å². The Labute approximate surface area is 214 Å². The third-order valence-electron chi connectivity index (χ3n) is 6.51. The molecule has 2 N–H and O–H groups in total. The number of hydrogen-bond donors (Lipinski definition) is 2. The first-order valence-corrected chi connectivity index (χ1v) is 13.9. The van der Waals surface area contributed by atoms with Gasteiger partial charge in [0.05, 0.1) is 10.5 Å². The minimum Gasteiger partial charge on any atom is -0.366 e. The molecule has 0 aliphatic carbocycles. The molecule has 0 fully saturated rings. The van der Waals surface area contributed by atoms with Gasteiger partial charge in [0.2, 0.25) is 0 Å². The zero-order valence-electron chi connectivity index (χ0n) is 21.7. The fourth-order valence-electron chi connectivity index (χ4n) is 4.95. The van der Waals surface area contributed by atoms with E-state index in [0.29, 0.717) is 41.4 Å². The molecule has 0 bridgehead atoms. The number of hydrogen-bond acceptors (Lipinski definition) is 4. The number of nitrogens with one attached hydrogen (secondary N) is 2. The van der Waals surface area contributed by atoms with Crippen LogP contribution in [-0.2, 0) is 23.0 Å². The molecule has 1 heterocycles. The van der Waals surface area contributed by atoms with Crippen molar-refractivity contribution in [3.05, 3.63) is 88.0 Å². The van der Waals surface area contributed by atoms with Crippen LogP contribution in [0.3, 0.4) is 0 Å². The van der Waals surface area contributed by atoms with Crippen LogP contribution >= 0.6 is 0 Å². The van der Waals surface area contributed by atoms with E-state index in [1.165, 1.54) is 11.1 Å². The van der Waals surface area contributed by atoms with Crippen molar-refractivity contribution < 1.29 is 13.2 Å². The lowest BCUT2D eigenvalue weighted by Gasteiger charge is -2.32. The maximum absolute atomic E-state index is 13.4. The molecule has 0 radical (unpaired) electrons. The van der Waals surface area contributed by atoms with Gasteiger partial charge in [-0.3, -0.25) is 9.52 Å². The Morgan fingerprint density at radius 1 is 0.972 bits per heavy atom. The van der Waals surface area contributed by atoms with Gasteiger partial charge in [-0.25, -0.2) is 8.42 Å². The Kier molecular flexibility index (Phi) is 7.41. The molecule has 0 saturated carbocycles. The van der Waals surface area contributed by atoms with Crippen LogP contribution in [0.5, 0.6) is 0 Å². The summed E-state index contributed by atoms with van der Waals surface area (Å²) in [5.74, 6) is 0.0924. The van der Waals surface area contributed by atoms with E-state index >= 15 is 0 Å². The lowest BCUT2D eigenvalue weighted by molar-refractivity contribution is 0.0949. The quantitative estimate of drug-likeness (QED) is 0.453. The normalized spacial score (nSPS) is 13.4. The molecule has 0 aromatic heterocycles. The summed E-state index contributed by atoms with van der Waals surface area (Å²) in [6, 6.07) is 17.3. The number of sulfonamides is 1. The third-order valence-corrected chi connectivity index (χ3v) is 8.19. The molecule has 3 aromatic carbocycles. The number of aryl methyl sites for hydroxylation is 3. The van der Waals surface area contributed by atoms with E-state index < -0.39 is 10.0 Å². The van der Waals surface area contributed by atoms with Crippen LogP contribution in [0.4, 0.5) is 11.4 Å². The van der Waals surface area contributed by atoms with E-state index in [-0.39, 0.29) is 10.8 Å². The molecule has 4 rings (SSSR count). The second-order valence-corrected chi connectivity index (χ2v) is 11.7. The molecular formula is C29H35N3O3S. The number of anilines is 2. The predicted octanol–water partition coefficient (Wildman–Crippen LogP) is 5.36. The molecule has 6 nitrogen and oxygen atoms in total. The summed E-state index contributed by atoms with van der Waals surface area (Å²) in [7, 11) is -3.83. The first kappa shape index (κ1) is 25.8. The van der Waals surface area contributed by atoms with E-state index in [1.807, 2.05) is 45.0 Å². The Hall–Kier alpha value is -3.32. The molecule has 0 unspecified atom stereocenters. The molecule has 3 aromatic rings. The SMILES string of the molecule is Cc1cc(C)c(S(=O)(=O)Nc2ccc(N3CCc4ccccc4C3)c(C(=O)NCC(C)C)c2)c(C)c1. The van der Waals surface area contributed by atoms with Gasteiger partial charge < -0.3 is 10.2 Å². The van der Waals surface area contributed by atoms with Gasteiger partial charge in [0.1, 0.15) is 0 Å². The van der Waals surface area contributed by atoms with Crippen molar-refractivity contribution in [2.45, 2.75) is 52.5 Å². The standard InChI is InChI=1S/C29H35N3O3S/c1-19(2)17-30-29(33)26-16-25(31-36(34,35)28-21(4)14-20(3)15-22(28)5)10-11-27(26)32-13-12-23-8-6-7-9-24(23)18-32/h6-11,14-16,19,31H,12-13,17-18H2,1-5H3,(H,30,33). The molecule has 7 heteroatoms. The van der Waals surface area contributed by atoms with Gasteiger partial charge in [0.25, 0.3) is 15.9 Å². The van der Waals surface area contributed by atoms with Gasteiger partial charge in [0.15, 0.2) is 0 Å². The number of amides is 1. The highest BCUT2D eigenvalue weighted by Crippen LogP contribution is 2.31. The van der Waals surface area contributed by atoms with Gasteiger partial charge in [-0.2, -0.15) is 0 Å². The summed E-state index contributed by atoms with van der Waals surface area (Å²) in [4.78, 5) is 15.7. The van der Waals surface area contributed by atoms with Crippen LogP contribution in [0, 0.1) is 26.7 Å². The fourth-order valence-corrected chi connectivity index (χ4v) is 6.45. The zero-order valence-corrected chi connectivity index (χ0v) is 22.5. The van der Waals surface area contributed by atoms with Crippen molar-refractivity contribution in [1.29, 1.82) is 0 Å². The summed E-state index contributed by atoms with van der Waals surface area (Å²) >= 11 is 0. The number of carbonyl (C=O) groups is 1. The monoisotopic (exact) mass is 505 g/mol. The van der Waals surface area contributed by atoms with Crippen LogP contribution in [0.2, 0.25) is 0 Å². The van der Waals surface area contributed by atoms with Gasteiger partial charge in [-0.15, -0.1) is 0 Å². The third kappa shape index (κ3) is 5.57. The van der Waals surface area contributed by atoms with Crippen molar-refractivity contribution in [1.82, 2.24) is 5.32 Å². The molecule has 1 aliphatic rings. The molecular weight excluding hydrogens is 470 g/mol. The average molecular weight is 506 g/mol. The number of rotatable bonds is 7. The summed E-state index contributed by atoms with van der Waals surface area (Å²) in [6.45, 7) is 11.7. The first-order chi connectivity index (χ1) is 17.0. The molecule has 0 spiro atoms. The largest absolute Gasteiger partial charge is 0.366 e. The molecule has 36 heavy (non-hydrogen) atoms. The Morgan fingerprint density at radius 3 is 2.31 bits per heavy atom. The maximum Gasteiger partial charge on any atom is 0.262 e. The predicted molar refractivity (Wildman–Crippen MR) is 146 cm³/mol.